The lowest BCUT2D eigenvalue weighted by atomic mass is 10.1. The van der Waals surface area contributed by atoms with Crippen molar-refractivity contribution in [3.63, 3.8) is 0 Å². The number of fused-ring (bicyclic) bond motifs is 1. The summed E-state index contributed by atoms with van der Waals surface area (Å²) in [6, 6.07) is 8.76. The molecule has 0 radical (unpaired) electrons. The molecule has 1 amide bonds. The van der Waals surface area contributed by atoms with Crippen LogP contribution in [0.1, 0.15) is 37.9 Å². The van der Waals surface area contributed by atoms with E-state index in [1.165, 1.54) is 23.8 Å². The molecule has 5 heterocycles. The second-order valence-corrected chi connectivity index (χ2v) is 10.4. The molecule has 39 heavy (non-hydrogen) atoms. The highest BCUT2D eigenvalue weighted by atomic mass is 19.3. The molecule has 10 nitrogen and oxygen atoms in total. The van der Waals surface area contributed by atoms with Crippen molar-refractivity contribution < 1.29 is 18.3 Å². The van der Waals surface area contributed by atoms with Gasteiger partial charge in [0, 0.05) is 45.2 Å². The van der Waals surface area contributed by atoms with Gasteiger partial charge in [-0.05, 0) is 38.1 Å². The fourth-order valence-corrected chi connectivity index (χ4v) is 5.52. The molecule has 208 valence electrons. The molecule has 6 rings (SSSR count). The number of carbonyl (C=O) groups excluding carboxylic acids is 1. The maximum atomic E-state index is 14.1. The molecule has 1 N–H and O–H groups in total. The van der Waals surface area contributed by atoms with Gasteiger partial charge in [0.15, 0.2) is 5.82 Å². The Morgan fingerprint density at radius 3 is 2.56 bits per heavy atom. The number of halogens is 2. The number of ether oxygens (including phenoxy) is 1. The minimum atomic E-state index is -2.77. The van der Waals surface area contributed by atoms with Gasteiger partial charge in [-0.3, -0.25) is 9.36 Å². The molecule has 3 aliphatic heterocycles. The van der Waals surface area contributed by atoms with Crippen LogP contribution < -0.4 is 10.2 Å². The van der Waals surface area contributed by atoms with Crippen molar-refractivity contribution in [3.05, 3.63) is 36.2 Å². The fraction of sp³-hybridized carbons (Fsp3) is 0.556. The number of nitrogens with zero attached hydrogens (tertiary/aromatic N) is 7. The second kappa shape index (κ2) is 11.4. The van der Waals surface area contributed by atoms with E-state index in [4.69, 9.17) is 14.7 Å². The Morgan fingerprint density at radius 1 is 1.03 bits per heavy atom. The van der Waals surface area contributed by atoms with Gasteiger partial charge in [0.05, 0.1) is 30.3 Å². The van der Waals surface area contributed by atoms with Gasteiger partial charge in [-0.25, -0.2) is 13.8 Å². The van der Waals surface area contributed by atoms with Crippen molar-refractivity contribution in [2.24, 2.45) is 0 Å². The number of morpholine rings is 1. The Morgan fingerprint density at radius 2 is 1.79 bits per heavy atom. The number of aromatic nitrogens is 4. The van der Waals surface area contributed by atoms with Crippen LogP contribution in [-0.2, 0) is 9.53 Å². The largest absolute Gasteiger partial charge is 0.378 e. The number of carbonyl (C=O) groups is 1. The molecule has 0 unspecified atom stereocenters. The number of rotatable bonds is 8. The second-order valence-electron chi connectivity index (χ2n) is 10.4. The Bertz CT molecular complexity index is 1300. The average Bonchev–Trinajstić information content (AvgIpc) is 3.35. The zero-order valence-corrected chi connectivity index (χ0v) is 21.9. The molecule has 0 spiro atoms. The van der Waals surface area contributed by atoms with Crippen LogP contribution in [0.25, 0.3) is 16.9 Å². The number of para-hydroxylation sites is 2. The lowest BCUT2D eigenvalue weighted by Crippen LogP contribution is -2.57. The van der Waals surface area contributed by atoms with Crippen LogP contribution in [0, 0.1) is 0 Å². The SMILES string of the molecule is O=C(CCN1CCCCC1)N1CC(Nc2cc(-n3c(C(F)F)nc4ccccc43)nc(N3CCOCC3)n2)C1. The third-order valence-electron chi connectivity index (χ3n) is 7.68. The molecule has 3 saturated heterocycles. The predicted octanol–water partition coefficient (Wildman–Crippen LogP) is 3.09. The van der Waals surface area contributed by atoms with E-state index in [-0.39, 0.29) is 17.8 Å². The number of hydrogen-bond acceptors (Lipinski definition) is 8. The highest BCUT2D eigenvalue weighted by Crippen LogP contribution is 2.29. The van der Waals surface area contributed by atoms with Gasteiger partial charge >= 0.3 is 0 Å². The lowest BCUT2D eigenvalue weighted by Gasteiger charge is -2.40. The molecule has 3 fully saturated rings. The van der Waals surface area contributed by atoms with Crippen LogP contribution in [0.3, 0.4) is 0 Å². The molecule has 12 heteroatoms. The first-order chi connectivity index (χ1) is 19.0. The highest BCUT2D eigenvalue weighted by Gasteiger charge is 2.31. The minimum Gasteiger partial charge on any atom is -0.378 e. The van der Waals surface area contributed by atoms with E-state index >= 15 is 0 Å². The summed E-state index contributed by atoms with van der Waals surface area (Å²) in [5.41, 5.74) is 1.03. The van der Waals surface area contributed by atoms with E-state index in [1.54, 1.807) is 30.3 Å². The molecular formula is C27H34F2N8O2. The molecular weight excluding hydrogens is 506 g/mol. The van der Waals surface area contributed by atoms with Gasteiger partial charge in [-0.15, -0.1) is 0 Å². The number of anilines is 2. The number of nitrogens with one attached hydrogen (secondary N) is 1. The maximum Gasteiger partial charge on any atom is 0.296 e. The zero-order valence-electron chi connectivity index (χ0n) is 21.9. The maximum absolute atomic E-state index is 14.1. The number of likely N-dealkylation sites (tertiary alicyclic amines) is 2. The van der Waals surface area contributed by atoms with Gasteiger partial charge in [0.25, 0.3) is 6.43 Å². The highest BCUT2D eigenvalue weighted by molar-refractivity contribution is 5.79. The third-order valence-corrected chi connectivity index (χ3v) is 7.68. The summed E-state index contributed by atoms with van der Waals surface area (Å²) in [6.07, 6.45) is 1.47. The number of imidazole rings is 1. The normalized spacial score (nSPS) is 19.1. The number of hydrogen-bond donors (Lipinski definition) is 1. The van der Waals surface area contributed by atoms with Crippen molar-refractivity contribution in [3.8, 4) is 5.82 Å². The van der Waals surface area contributed by atoms with Gasteiger partial charge in [0.1, 0.15) is 11.6 Å². The molecule has 0 saturated carbocycles. The Kier molecular flexibility index (Phi) is 7.55. The van der Waals surface area contributed by atoms with E-state index < -0.39 is 6.43 Å². The Labute approximate surface area is 226 Å². The predicted molar refractivity (Wildman–Crippen MR) is 144 cm³/mol. The minimum absolute atomic E-state index is 0.0262. The smallest absolute Gasteiger partial charge is 0.296 e. The zero-order chi connectivity index (χ0) is 26.8. The molecule has 3 aliphatic rings. The fourth-order valence-electron chi connectivity index (χ4n) is 5.52. The Balaban J connectivity index is 1.21. The summed E-state index contributed by atoms with van der Waals surface area (Å²) < 4.78 is 35.0. The average molecular weight is 541 g/mol. The molecule has 2 aromatic heterocycles. The molecule has 0 aliphatic carbocycles. The third kappa shape index (κ3) is 5.67. The summed E-state index contributed by atoms with van der Waals surface area (Å²) in [6.45, 7) is 6.46. The first-order valence-corrected chi connectivity index (χ1v) is 13.8. The molecule has 0 atom stereocenters. The summed E-state index contributed by atoms with van der Waals surface area (Å²) in [5, 5.41) is 3.41. The van der Waals surface area contributed by atoms with Gasteiger partial charge < -0.3 is 24.8 Å². The van der Waals surface area contributed by atoms with E-state index in [1.807, 2.05) is 9.80 Å². The van der Waals surface area contributed by atoms with Crippen molar-refractivity contribution in [1.82, 2.24) is 29.3 Å². The van der Waals surface area contributed by atoms with Crippen LogP contribution in [-0.4, -0.2) is 100 Å². The van der Waals surface area contributed by atoms with Crippen molar-refractivity contribution in [1.29, 1.82) is 0 Å². The molecule has 1 aromatic carbocycles. The van der Waals surface area contributed by atoms with Crippen LogP contribution >= 0.6 is 0 Å². The molecule has 0 bridgehead atoms. The van der Waals surface area contributed by atoms with E-state index in [0.717, 1.165) is 19.6 Å². The number of piperidine rings is 1. The van der Waals surface area contributed by atoms with Crippen molar-refractivity contribution in [2.75, 3.05) is 69.2 Å². The van der Waals surface area contributed by atoms with E-state index in [2.05, 4.69) is 15.2 Å². The first-order valence-electron chi connectivity index (χ1n) is 13.8. The number of amides is 1. The first kappa shape index (κ1) is 25.9. The standard InChI is InChI=1S/C27H34F2N8O2/c28-25(29)26-31-20-6-2-3-7-21(20)37(26)23-16-22(32-27(33-23)35-12-14-39-15-13-35)30-19-17-36(18-19)24(38)8-11-34-9-4-1-5-10-34/h2-3,6-7,16,19,25H,1,4-5,8-15,17-18H2,(H,30,32,33). The van der Waals surface area contributed by atoms with E-state index in [0.29, 0.717) is 74.4 Å². The Hall–Kier alpha value is -3.38. The quantitative estimate of drug-likeness (QED) is 0.466. The lowest BCUT2D eigenvalue weighted by molar-refractivity contribution is -0.135. The van der Waals surface area contributed by atoms with Gasteiger partial charge in [0.2, 0.25) is 11.9 Å². The monoisotopic (exact) mass is 540 g/mol. The van der Waals surface area contributed by atoms with Gasteiger partial charge in [-0.1, -0.05) is 18.6 Å². The van der Waals surface area contributed by atoms with Crippen LogP contribution in [0.4, 0.5) is 20.5 Å². The summed E-state index contributed by atoms with van der Waals surface area (Å²) >= 11 is 0. The van der Waals surface area contributed by atoms with Crippen LogP contribution in [0.15, 0.2) is 30.3 Å². The van der Waals surface area contributed by atoms with Crippen LogP contribution in [0.2, 0.25) is 0 Å². The molecule has 3 aromatic rings. The summed E-state index contributed by atoms with van der Waals surface area (Å²) in [4.78, 5) is 32.5. The van der Waals surface area contributed by atoms with Crippen LogP contribution in [0.5, 0.6) is 0 Å². The topological polar surface area (TPSA) is 91.7 Å². The number of alkyl halides is 2. The van der Waals surface area contributed by atoms with Crippen molar-refractivity contribution in [2.45, 2.75) is 38.2 Å². The summed E-state index contributed by atoms with van der Waals surface area (Å²) in [5.74, 6) is 1.12. The van der Waals surface area contributed by atoms with Gasteiger partial charge in [-0.2, -0.15) is 9.97 Å². The van der Waals surface area contributed by atoms with Crippen molar-refractivity contribution >= 4 is 28.7 Å². The number of benzene rings is 1. The summed E-state index contributed by atoms with van der Waals surface area (Å²) in [7, 11) is 0. The van der Waals surface area contributed by atoms with E-state index in [9.17, 15) is 13.6 Å².